The highest BCUT2D eigenvalue weighted by molar-refractivity contribution is 5.70. The van der Waals surface area contributed by atoms with Crippen molar-refractivity contribution < 1.29 is 23.5 Å². The summed E-state index contributed by atoms with van der Waals surface area (Å²) in [5, 5.41) is 9.83. The Balaban J connectivity index is 1.68. The minimum atomic E-state index is -0.937. The van der Waals surface area contributed by atoms with Gasteiger partial charge >= 0.3 is 6.03 Å². The van der Waals surface area contributed by atoms with Gasteiger partial charge in [-0.25, -0.2) is 19.2 Å². The summed E-state index contributed by atoms with van der Waals surface area (Å²) in [7, 11) is 0. The Morgan fingerprint density at radius 1 is 1.30 bits per heavy atom. The van der Waals surface area contributed by atoms with Gasteiger partial charge in [0.05, 0.1) is 6.54 Å². The van der Waals surface area contributed by atoms with Crippen LogP contribution in [0.3, 0.4) is 0 Å². The molecule has 0 saturated carbocycles. The number of urea groups is 1. The zero-order valence-electron chi connectivity index (χ0n) is 14.6. The van der Waals surface area contributed by atoms with Crippen LogP contribution >= 0.6 is 0 Å². The average Bonchev–Trinajstić information content (AvgIpc) is 3.01. The second-order valence-electron chi connectivity index (χ2n) is 5.86. The second kappa shape index (κ2) is 7.88. The lowest BCUT2D eigenvalue weighted by molar-refractivity contribution is -0.0470. The van der Waals surface area contributed by atoms with Gasteiger partial charge in [0.2, 0.25) is 5.89 Å². The van der Waals surface area contributed by atoms with E-state index in [9.17, 15) is 14.4 Å². The van der Waals surface area contributed by atoms with E-state index in [1.54, 1.807) is 43.3 Å². The zero-order chi connectivity index (χ0) is 19.4. The largest absolute Gasteiger partial charge is 0.487 e. The third-order valence-electron chi connectivity index (χ3n) is 3.84. The van der Waals surface area contributed by atoms with E-state index in [0.29, 0.717) is 39.3 Å². The van der Waals surface area contributed by atoms with E-state index >= 15 is 0 Å². The Morgan fingerprint density at radius 3 is 2.74 bits per heavy atom. The zero-order valence-corrected chi connectivity index (χ0v) is 14.6. The van der Waals surface area contributed by atoms with Crippen molar-refractivity contribution in [2.45, 2.75) is 20.1 Å². The number of halogens is 1. The summed E-state index contributed by atoms with van der Waals surface area (Å²) in [6, 6.07) is 11.8. The van der Waals surface area contributed by atoms with Crippen LogP contribution in [0.2, 0.25) is 0 Å². The molecule has 0 aliphatic carbocycles. The lowest BCUT2D eigenvalue weighted by Crippen LogP contribution is -2.31. The van der Waals surface area contributed by atoms with Crippen LogP contribution in [0.25, 0.3) is 11.5 Å². The molecule has 27 heavy (non-hydrogen) atoms. The van der Waals surface area contributed by atoms with Gasteiger partial charge in [-0.15, -0.1) is 0 Å². The lowest BCUT2D eigenvalue weighted by atomic mass is 10.2. The van der Waals surface area contributed by atoms with E-state index in [1.807, 2.05) is 0 Å². The van der Waals surface area contributed by atoms with Gasteiger partial charge in [-0.3, -0.25) is 5.21 Å². The number of benzene rings is 2. The molecule has 2 amide bonds. The number of amides is 2. The second-order valence-corrected chi connectivity index (χ2v) is 5.86. The molecule has 3 N–H and O–H groups in total. The molecule has 3 rings (SSSR count). The van der Waals surface area contributed by atoms with Crippen LogP contribution < -0.4 is 10.5 Å². The molecule has 3 aromatic rings. The van der Waals surface area contributed by atoms with Crippen molar-refractivity contribution in [2.24, 2.45) is 5.73 Å². The van der Waals surface area contributed by atoms with E-state index < -0.39 is 6.03 Å². The molecule has 1 heterocycles. The predicted molar refractivity (Wildman–Crippen MR) is 94.3 cm³/mol. The van der Waals surface area contributed by atoms with Gasteiger partial charge in [0.25, 0.3) is 0 Å². The number of hydroxylamine groups is 2. The van der Waals surface area contributed by atoms with Crippen LogP contribution in [0.4, 0.5) is 9.18 Å². The predicted octanol–water partition coefficient (Wildman–Crippen LogP) is 3.64. The minimum absolute atomic E-state index is 0.0514. The molecule has 0 unspecified atom stereocenters. The van der Waals surface area contributed by atoms with Gasteiger partial charge < -0.3 is 14.9 Å². The van der Waals surface area contributed by atoms with Crippen LogP contribution in [0.15, 0.2) is 52.9 Å². The van der Waals surface area contributed by atoms with E-state index in [-0.39, 0.29) is 19.0 Å². The number of hydrogen-bond acceptors (Lipinski definition) is 5. The summed E-state index contributed by atoms with van der Waals surface area (Å²) >= 11 is 0. The van der Waals surface area contributed by atoms with E-state index in [4.69, 9.17) is 14.9 Å². The van der Waals surface area contributed by atoms with Crippen molar-refractivity contribution in [3.8, 4) is 17.2 Å². The number of hydrogen-bond donors (Lipinski definition) is 2. The van der Waals surface area contributed by atoms with Crippen LogP contribution in [-0.4, -0.2) is 21.3 Å². The molecule has 1 aromatic heterocycles. The number of carbonyl (C=O) groups is 1. The fourth-order valence-electron chi connectivity index (χ4n) is 2.41. The summed E-state index contributed by atoms with van der Waals surface area (Å²) < 4.78 is 24.4. The lowest BCUT2D eigenvalue weighted by Gasteiger charge is -2.12. The van der Waals surface area contributed by atoms with Crippen molar-refractivity contribution in [3.05, 3.63) is 71.4 Å². The molecule has 8 heteroatoms. The number of ether oxygens (including phenoxy) is 1. The maximum absolute atomic E-state index is 13.0. The molecular formula is C19H18FN3O4. The third-order valence-corrected chi connectivity index (χ3v) is 3.84. The van der Waals surface area contributed by atoms with Crippen molar-refractivity contribution in [1.29, 1.82) is 0 Å². The number of carbonyl (C=O) groups excluding carboxylic acids is 1. The van der Waals surface area contributed by atoms with Crippen LogP contribution in [0.1, 0.15) is 17.0 Å². The van der Waals surface area contributed by atoms with Gasteiger partial charge in [0.1, 0.15) is 29.6 Å². The van der Waals surface area contributed by atoms with E-state index in [0.717, 1.165) is 0 Å². The highest BCUT2D eigenvalue weighted by Crippen LogP contribution is 2.23. The molecule has 2 aromatic carbocycles. The molecule has 0 saturated heterocycles. The Kier molecular flexibility index (Phi) is 5.37. The molecule has 0 bridgehead atoms. The third kappa shape index (κ3) is 4.62. The topological polar surface area (TPSA) is 102 Å². The van der Waals surface area contributed by atoms with E-state index in [2.05, 4.69) is 4.98 Å². The molecule has 0 atom stereocenters. The molecule has 140 valence electrons. The van der Waals surface area contributed by atoms with Gasteiger partial charge in [-0.05, 0) is 48.9 Å². The van der Waals surface area contributed by atoms with Gasteiger partial charge in [0.15, 0.2) is 0 Å². The molecule has 0 fully saturated rings. The monoisotopic (exact) mass is 371 g/mol. The number of aryl methyl sites for hydroxylation is 1. The standard InChI is InChI=1S/C19H18FN3O4/c1-12-17(22-18(27-12)14-5-7-15(20)8-6-14)11-26-16-4-2-3-13(9-16)10-23(25)19(21)24/h2-9,25H,10-11H2,1H3,(H2,21,24). The van der Waals surface area contributed by atoms with E-state index in [1.165, 1.54) is 12.1 Å². The van der Waals surface area contributed by atoms with Crippen molar-refractivity contribution in [2.75, 3.05) is 0 Å². The minimum Gasteiger partial charge on any atom is -0.487 e. The average molecular weight is 371 g/mol. The fourth-order valence-corrected chi connectivity index (χ4v) is 2.41. The molecule has 0 spiro atoms. The summed E-state index contributed by atoms with van der Waals surface area (Å²) in [6.45, 7) is 1.88. The number of oxazole rings is 1. The van der Waals surface area contributed by atoms with Crippen molar-refractivity contribution >= 4 is 6.03 Å². The van der Waals surface area contributed by atoms with Gasteiger partial charge in [-0.2, -0.15) is 0 Å². The molecule has 0 aliphatic heterocycles. The summed E-state index contributed by atoms with van der Waals surface area (Å²) in [4.78, 5) is 15.3. The summed E-state index contributed by atoms with van der Waals surface area (Å²) in [5.74, 6) is 1.19. The van der Waals surface area contributed by atoms with Crippen LogP contribution in [0, 0.1) is 12.7 Å². The number of aromatic nitrogens is 1. The maximum atomic E-state index is 13.0. The number of nitrogens with zero attached hydrogens (tertiary/aromatic N) is 2. The van der Waals surface area contributed by atoms with Crippen LogP contribution in [0.5, 0.6) is 5.75 Å². The molecular weight excluding hydrogens is 353 g/mol. The Hall–Kier alpha value is -3.39. The first kappa shape index (κ1) is 18.4. The van der Waals surface area contributed by atoms with Gasteiger partial charge in [-0.1, -0.05) is 12.1 Å². The molecule has 0 aliphatic rings. The smallest absolute Gasteiger partial charge is 0.338 e. The Labute approximate surface area is 154 Å². The highest BCUT2D eigenvalue weighted by Gasteiger charge is 2.13. The molecule has 7 nitrogen and oxygen atoms in total. The first-order valence-corrected chi connectivity index (χ1v) is 8.12. The fraction of sp³-hybridized carbons (Fsp3) is 0.158. The Morgan fingerprint density at radius 2 is 2.04 bits per heavy atom. The first-order chi connectivity index (χ1) is 12.9. The maximum Gasteiger partial charge on any atom is 0.338 e. The van der Waals surface area contributed by atoms with Crippen molar-refractivity contribution in [3.63, 3.8) is 0 Å². The molecule has 0 radical (unpaired) electrons. The van der Waals surface area contributed by atoms with Crippen LogP contribution in [-0.2, 0) is 13.2 Å². The normalized spacial score (nSPS) is 10.6. The first-order valence-electron chi connectivity index (χ1n) is 8.12. The highest BCUT2D eigenvalue weighted by atomic mass is 19.1. The Bertz CT molecular complexity index is 940. The van der Waals surface area contributed by atoms with Crippen molar-refractivity contribution in [1.82, 2.24) is 10.0 Å². The number of primary amides is 1. The quantitative estimate of drug-likeness (QED) is 0.509. The number of rotatable bonds is 6. The summed E-state index contributed by atoms with van der Waals surface area (Å²) in [6.07, 6.45) is 0. The summed E-state index contributed by atoms with van der Waals surface area (Å²) in [5.41, 5.74) is 6.93. The number of nitrogens with two attached hydrogens (primary N) is 1. The van der Waals surface area contributed by atoms with Gasteiger partial charge in [0, 0.05) is 5.56 Å². The SMILES string of the molecule is Cc1oc(-c2ccc(F)cc2)nc1COc1cccc(CN(O)C(N)=O)c1.